The Morgan fingerprint density at radius 2 is 1.52 bits per heavy atom. The Balaban J connectivity index is 1.91. The summed E-state index contributed by atoms with van der Waals surface area (Å²) >= 11 is 24.3. The van der Waals surface area contributed by atoms with E-state index in [1.165, 1.54) is 12.1 Å². The SMILES string of the molecule is CCCCCC(=O)Oc1cccc(N2C(=O)c3c(Cl)c(Cl)c(Cl)c(Cl)c3C2=O)c1. The van der Waals surface area contributed by atoms with Crippen molar-refractivity contribution >= 4 is 69.9 Å². The number of anilines is 1. The number of carbonyl (C=O) groups is 3. The van der Waals surface area contributed by atoms with Crippen molar-refractivity contribution < 1.29 is 19.1 Å². The Labute approximate surface area is 187 Å². The maximum Gasteiger partial charge on any atom is 0.311 e. The number of benzene rings is 2. The molecule has 152 valence electrons. The lowest BCUT2D eigenvalue weighted by Crippen LogP contribution is -2.29. The predicted octanol–water partition coefficient (Wildman–Crippen LogP) is 6.59. The maximum atomic E-state index is 12.9. The molecule has 0 aliphatic carbocycles. The molecule has 0 saturated heterocycles. The fraction of sp³-hybridized carbons (Fsp3) is 0.250. The van der Waals surface area contributed by atoms with Crippen molar-refractivity contribution in [1.82, 2.24) is 0 Å². The number of halogens is 4. The number of hydrogen-bond donors (Lipinski definition) is 0. The lowest BCUT2D eigenvalue weighted by atomic mass is 10.1. The lowest BCUT2D eigenvalue weighted by Gasteiger charge is -2.15. The summed E-state index contributed by atoms with van der Waals surface area (Å²) in [4.78, 5) is 38.7. The first-order chi connectivity index (χ1) is 13.8. The van der Waals surface area contributed by atoms with Crippen LogP contribution in [0.25, 0.3) is 0 Å². The van der Waals surface area contributed by atoms with E-state index in [4.69, 9.17) is 51.1 Å². The van der Waals surface area contributed by atoms with E-state index in [9.17, 15) is 14.4 Å². The summed E-state index contributed by atoms with van der Waals surface area (Å²) in [6.45, 7) is 2.04. The van der Waals surface area contributed by atoms with Gasteiger partial charge in [0.25, 0.3) is 11.8 Å². The van der Waals surface area contributed by atoms with Gasteiger partial charge in [0.05, 0.1) is 36.9 Å². The van der Waals surface area contributed by atoms with E-state index in [-0.39, 0.29) is 55.0 Å². The Morgan fingerprint density at radius 1 is 0.931 bits per heavy atom. The summed E-state index contributed by atoms with van der Waals surface area (Å²) in [5.74, 6) is -1.56. The van der Waals surface area contributed by atoms with Gasteiger partial charge in [-0.1, -0.05) is 72.2 Å². The van der Waals surface area contributed by atoms with Crippen molar-refractivity contribution in [1.29, 1.82) is 0 Å². The quantitative estimate of drug-likeness (QED) is 0.118. The van der Waals surface area contributed by atoms with Crippen molar-refractivity contribution in [2.45, 2.75) is 32.6 Å². The van der Waals surface area contributed by atoms with Gasteiger partial charge in [0.15, 0.2) is 0 Å². The van der Waals surface area contributed by atoms with Gasteiger partial charge in [0, 0.05) is 12.5 Å². The molecule has 29 heavy (non-hydrogen) atoms. The van der Waals surface area contributed by atoms with Crippen LogP contribution in [0.2, 0.25) is 20.1 Å². The topological polar surface area (TPSA) is 63.7 Å². The van der Waals surface area contributed by atoms with E-state index in [2.05, 4.69) is 0 Å². The van der Waals surface area contributed by atoms with Gasteiger partial charge in [-0.2, -0.15) is 0 Å². The lowest BCUT2D eigenvalue weighted by molar-refractivity contribution is -0.134. The maximum absolute atomic E-state index is 12.9. The molecule has 3 rings (SSSR count). The van der Waals surface area contributed by atoms with Crippen molar-refractivity contribution in [2.24, 2.45) is 0 Å². The van der Waals surface area contributed by atoms with Gasteiger partial charge >= 0.3 is 5.97 Å². The van der Waals surface area contributed by atoms with Crippen molar-refractivity contribution in [3.05, 3.63) is 55.5 Å². The average Bonchev–Trinajstić information content (AvgIpc) is 2.95. The Kier molecular flexibility index (Phi) is 6.74. The molecular formula is C20H15Cl4NO4. The van der Waals surface area contributed by atoms with E-state index >= 15 is 0 Å². The number of rotatable bonds is 6. The van der Waals surface area contributed by atoms with Gasteiger partial charge in [0.2, 0.25) is 0 Å². The summed E-state index contributed by atoms with van der Waals surface area (Å²) in [6, 6.07) is 6.08. The van der Waals surface area contributed by atoms with Gasteiger partial charge < -0.3 is 4.74 Å². The fourth-order valence-corrected chi connectivity index (χ4v) is 3.99. The molecule has 0 fully saturated rings. The first kappa shape index (κ1) is 21.9. The van der Waals surface area contributed by atoms with Crippen LogP contribution in [-0.2, 0) is 4.79 Å². The summed E-state index contributed by atoms with van der Waals surface area (Å²) in [7, 11) is 0. The van der Waals surface area contributed by atoms with Crippen molar-refractivity contribution in [3.63, 3.8) is 0 Å². The summed E-state index contributed by atoms with van der Waals surface area (Å²) < 4.78 is 5.31. The monoisotopic (exact) mass is 473 g/mol. The molecule has 0 saturated carbocycles. The van der Waals surface area contributed by atoms with Crippen LogP contribution in [0.4, 0.5) is 5.69 Å². The average molecular weight is 475 g/mol. The zero-order valence-corrected chi connectivity index (χ0v) is 18.3. The zero-order valence-electron chi connectivity index (χ0n) is 15.2. The highest BCUT2D eigenvalue weighted by atomic mass is 35.5. The number of carbonyl (C=O) groups excluding carboxylic acids is 3. The number of unbranched alkanes of at least 4 members (excludes halogenated alkanes) is 2. The molecule has 0 radical (unpaired) electrons. The largest absolute Gasteiger partial charge is 0.426 e. The molecule has 1 heterocycles. The van der Waals surface area contributed by atoms with Gasteiger partial charge in [-0.15, -0.1) is 0 Å². The smallest absolute Gasteiger partial charge is 0.311 e. The van der Waals surface area contributed by atoms with Crippen LogP contribution in [0.1, 0.15) is 53.3 Å². The third-order valence-corrected chi connectivity index (χ3v) is 6.20. The molecule has 1 aliphatic rings. The highest BCUT2D eigenvalue weighted by Crippen LogP contribution is 2.45. The van der Waals surface area contributed by atoms with Crippen molar-refractivity contribution in [2.75, 3.05) is 4.90 Å². The number of nitrogens with zero attached hydrogens (tertiary/aromatic N) is 1. The molecule has 2 aromatic carbocycles. The van der Waals surface area contributed by atoms with E-state index in [1.54, 1.807) is 12.1 Å². The number of esters is 1. The number of imide groups is 1. The highest BCUT2D eigenvalue weighted by molar-refractivity contribution is 6.56. The van der Waals surface area contributed by atoms with Crippen molar-refractivity contribution in [3.8, 4) is 5.75 Å². The highest BCUT2D eigenvalue weighted by Gasteiger charge is 2.42. The molecule has 2 aromatic rings. The van der Waals surface area contributed by atoms with Gasteiger partial charge in [-0.3, -0.25) is 14.4 Å². The number of ether oxygens (including phenoxy) is 1. The summed E-state index contributed by atoms with van der Waals surface area (Å²) in [6.07, 6.45) is 2.93. The fourth-order valence-electron chi connectivity index (χ4n) is 2.97. The molecule has 0 spiro atoms. The minimum atomic E-state index is -0.693. The van der Waals surface area contributed by atoms with Crippen LogP contribution < -0.4 is 9.64 Å². The van der Waals surface area contributed by atoms with Crippen LogP contribution in [0.5, 0.6) is 5.75 Å². The number of hydrogen-bond acceptors (Lipinski definition) is 4. The molecule has 9 heteroatoms. The number of amides is 2. The third kappa shape index (κ3) is 4.10. The normalized spacial score (nSPS) is 13.1. The molecule has 2 amide bonds. The second-order valence-electron chi connectivity index (χ2n) is 6.38. The number of fused-ring (bicyclic) bond motifs is 1. The van der Waals surface area contributed by atoms with E-state index in [0.29, 0.717) is 0 Å². The standard InChI is InChI=1S/C20H15Cl4NO4/c1-2-3-4-8-12(26)29-11-7-5-6-10(9-11)25-19(27)13-14(20(25)28)16(22)18(24)17(23)15(13)21/h5-7,9H,2-4,8H2,1H3. The summed E-state index contributed by atoms with van der Waals surface area (Å²) in [5, 5.41) is -0.490. The van der Waals surface area contributed by atoms with E-state index in [0.717, 1.165) is 24.2 Å². The Hall–Kier alpha value is -1.79. The first-order valence-corrected chi connectivity index (χ1v) is 10.3. The van der Waals surface area contributed by atoms with Gasteiger partial charge in [0.1, 0.15) is 5.75 Å². The van der Waals surface area contributed by atoms with E-state index in [1.807, 2.05) is 6.92 Å². The molecule has 0 N–H and O–H groups in total. The molecule has 0 atom stereocenters. The van der Waals surface area contributed by atoms with Crippen LogP contribution in [0.15, 0.2) is 24.3 Å². The minimum Gasteiger partial charge on any atom is -0.426 e. The molecule has 5 nitrogen and oxygen atoms in total. The molecule has 0 bridgehead atoms. The van der Waals surface area contributed by atoms with Crippen LogP contribution in [0, 0.1) is 0 Å². The molecule has 0 unspecified atom stereocenters. The zero-order chi connectivity index (χ0) is 21.3. The predicted molar refractivity (Wildman–Crippen MR) is 114 cm³/mol. The second kappa shape index (κ2) is 8.92. The molecular weight excluding hydrogens is 460 g/mol. The van der Waals surface area contributed by atoms with E-state index < -0.39 is 11.8 Å². The third-order valence-electron chi connectivity index (χ3n) is 4.39. The van der Waals surface area contributed by atoms with Crippen LogP contribution >= 0.6 is 46.4 Å². The summed E-state index contributed by atoms with van der Waals surface area (Å²) in [5.41, 5.74) is -0.0227. The first-order valence-electron chi connectivity index (χ1n) is 8.83. The van der Waals surface area contributed by atoms with Crippen LogP contribution in [-0.4, -0.2) is 17.8 Å². The molecule has 0 aromatic heterocycles. The second-order valence-corrected chi connectivity index (χ2v) is 7.89. The van der Waals surface area contributed by atoms with Gasteiger partial charge in [-0.05, 0) is 18.6 Å². The van der Waals surface area contributed by atoms with Gasteiger partial charge in [-0.25, -0.2) is 4.90 Å². The Morgan fingerprint density at radius 3 is 2.07 bits per heavy atom. The minimum absolute atomic E-state index is 0.102. The Bertz CT molecular complexity index is 975. The molecule has 1 aliphatic heterocycles. The van der Waals surface area contributed by atoms with Crippen LogP contribution in [0.3, 0.4) is 0 Å².